The molecule has 1 amide bonds. The summed E-state index contributed by atoms with van der Waals surface area (Å²) in [4.78, 5) is 26.6. The molecule has 0 aliphatic carbocycles. The van der Waals surface area contributed by atoms with Crippen molar-refractivity contribution >= 4 is 11.9 Å². The summed E-state index contributed by atoms with van der Waals surface area (Å²) < 4.78 is 17.2. The Morgan fingerprint density at radius 3 is 2.68 bits per heavy atom. The third-order valence-corrected chi connectivity index (χ3v) is 4.54. The Labute approximate surface area is 164 Å². The summed E-state index contributed by atoms with van der Waals surface area (Å²) in [6, 6.07) is 9.63. The fourth-order valence-corrected chi connectivity index (χ4v) is 3.17. The average Bonchev–Trinajstić information content (AvgIpc) is 3.11. The number of carbonyl (C=O) groups is 2. The lowest BCUT2D eigenvalue weighted by molar-refractivity contribution is -0.137. The Hall–Kier alpha value is -2.71. The summed E-state index contributed by atoms with van der Waals surface area (Å²) in [7, 11) is 1.58. The van der Waals surface area contributed by atoms with E-state index in [0.717, 1.165) is 16.9 Å². The fourth-order valence-electron chi connectivity index (χ4n) is 3.17. The number of methoxy groups -OCH3 is 1. The third kappa shape index (κ3) is 4.40. The van der Waals surface area contributed by atoms with Crippen molar-refractivity contribution in [3.8, 4) is 5.69 Å². The summed E-state index contributed by atoms with van der Waals surface area (Å²) in [5, 5.41) is 4.52. The van der Waals surface area contributed by atoms with Crippen LogP contribution < -0.4 is 0 Å². The average molecular weight is 387 g/mol. The van der Waals surface area contributed by atoms with Crippen molar-refractivity contribution in [2.45, 2.75) is 19.9 Å². The van der Waals surface area contributed by atoms with Crippen molar-refractivity contribution in [2.24, 2.45) is 0 Å². The van der Waals surface area contributed by atoms with Gasteiger partial charge in [-0.25, -0.2) is 9.48 Å². The number of aromatic nitrogens is 2. The molecule has 1 aliphatic heterocycles. The molecule has 0 radical (unpaired) electrons. The van der Waals surface area contributed by atoms with E-state index in [-0.39, 0.29) is 24.8 Å². The zero-order valence-electron chi connectivity index (χ0n) is 16.2. The largest absolute Gasteiger partial charge is 0.461 e. The zero-order chi connectivity index (χ0) is 19.9. The Morgan fingerprint density at radius 1 is 1.18 bits per heavy atom. The number of ether oxygens (including phenoxy) is 3. The normalized spacial score (nSPS) is 13.3. The lowest BCUT2D eigenvalue weighted by Crippen LogP contribution is -2.39. The first-order valence-electron chi connectivity index (χ1n) is 9.33. The molecule has 1 aliphatic rings. The highest BCUT2D eigenvalue weighted by Gasteiger charge is 2.31. The number of benzene rings is 1. The first kappa shape index (κ1) is 20.0. The van der Waals surface area contributed by atoms with E-state index in [4.69, 9.17) is 14.2 Å². The van der Waals surface area contributed by atoms with Crippen LogP contribution in [-0.2, 0) is 32.0 Å². The summed E-state index contributed by atoms with van der Waals surface area (Å²) in [6.45, 7) is 3.66. The molecule has 0 spiro atoms. The predicted molar refractivity (Wildman–Crippen MR) is 101 cm³/mol. The number of nitrogens with zero attached hydrogens (tertiary/aromatic N) is 3. The molecule has 0 unspecified atom stereocenters. The van der Waals surface area contributed by atoms with Crippen LogP contribution in [0.5, 0.6) is 0 Å². The molecule has 0 bridgehead atoms. The summed E-state index contributed by atoms with van der Waals surface area (Å²) in [5.74, 6) is -0.594. The molecular formula is C20H25N3O5. The van der Waals surface area contributed by atoms with Crippen LogP contribution in [0.15, 0.2) is 30.3 Å². The summed E-state index contributed by atoms with van der Waals surface area (Å²) >= 11 is 0. The smallest absolute Gasteiger partial charge is 0.359 e. The molecule has 3 rings (SSSR count). The molecule has 2 aromatic rings. The second kappa shape index (κ2) is 9.48. The molecule has 8 nitrogen and oxygen atoms in total. The van der Waals surface area contributed by atoms with Crippen LogP contribution in [0.4, 0.5) is 0 Å². The van der Waals surface area contributed by atoms with Gasteiger partial charge in [0, 0.05) is 32.2 Å². The topological polar surface area (TPSA) is 82.9 Å². The number of rotatable bonds is 8. The number of para-hydroxylation sites is 1. The minimum atomic E-state index is -0.473. The molecule has 28 heavy (non-hydrogen) atoms. The Bertz CT molecular complexity index is 819. The second-order valence-electron chi connectivity index (χ2n) is 6.35. The number of fused-ring (bicyclic) bond motifs is 1. The van der Waals surface area contributed by atoms with Gasteiger partial charge in [-0.3, -0.25) is 4.79 Å². The van der Waals surface area contributed by atoms with Crippen LogP contribution in [0, 0.1) is 0 Å². The van der Waals surface area contributed by atoms with Crippen molar-refractivity contribution in [3.63, 3.8) is 0 Å². The number of hydrogen-bond acceptors (Lipinski definition) is 6. The van der Waals surface area contributed by atoms with E-state index in [0.29, 0.717) is 32.7 Å². The van der Waals surface area contributed by atoms with E-state index < -0.39 is 5.97 Å². The summed E-state index contributed by atoms with van der Waals surface area (Å²) in [5.41, 5.74) is 2.80. The molecule has 2 heterocycles. The van der Waals surface area contributed by atoms with Crippen LogP contribution in [0.25, 0.3) is 5.69 Å². The van der Waals surface area contributed by atoms with Gasteiger partial charge >= 0.3 is 5.97 Å². The molecule has 0 saturated carbocycles. The number of hydrogen-bond donors (Lipinski definition) is 0. The van der Waals surface area contributed by atoms with Gasteiger partial charge in [0.1, 0.15) is 6.61 Å². The van der Waals surface area contributed by atoms with Gasteiger partial charge in [0.15, 0.2) is 5.69 Å². The third-order valence-electron chi connectivity index (χ3n) is 4.54. The van der Waals surface area contributed by atoms with Gasteiger partial charge in [-0.15, -0.1) is 0 Å². The van der Waals surface area contributed by atoms with Crippen LogP contribution in [-0.4, -0.2) is 66.6 Å². The van der Waals surface area contributed by atoms with E-state index in [2.05, 4.69) is 5.10 Å². The molecular weight excluding hydrogens is 362 g/mol. The molecule has 0 saturated heterocycles. The first-order valence-corrected chi connectivity index (χ1v) is 9.33. The predicted octanol–water partition coefficient (Wildman–Crippen LogP) is 1.60. The number of carbonyl (C=O) groups excluding carboxylic acids is 2. The van der Waals surface area contributed by atoms with Gasteiger partial charge in [0.25, 0.3) is 0 Å². The monoisotopic (exact) mass is 387 g/mol. The van der Waals surface area contributed by atoms with Crippen LogP contribution in [0.1, 0.15) is 28.7 Å². The molecule has 150 valence electrons. The van der Waals surface area contributed by atoms with Crippen LogP contribution in [0.3, 0.4) is 0 Å². The van der Waals surface area contributed by atoms with Gasteiger partial charge < -0.3 is 19.1 Å². The lowest BCUT2D eigenvalue weighted by atomic mass is 10.0. The second-order valence-corrected chi connectivity index (χ2v) is 6.35. The highest BCUT2D eigenvalue weighted by atomic mass is 16.5. The number of amides is 1. The highest BCUT2D eigenvalue weighted by Crippen LogP contribution is 2.26. The zero-order valence-corrected chi connectivity index (χ0v) is 16.2. The van der Waals surface area contributed by atoms with E-state index >= 15 is 0 Å². The van der Waals surface area contributed by atoms with Gasteiger partial charge in [-0.2, -0.15) is 5.10 Å². The van der Waals surface area contributed by atoms with Crippen molar-refractivity contribution in [1.29, 1.82) is 0 Å². The van der Waals surface area contributed by atoms with E-state index in [1.807, 2.05) is 30.3 Å². The van der Waals surface area contributed by atoms with Crippen molar-refractivity contribution < 1.29 is 23.8 Å². The molecule has 1 aromatic heterocycles. The standard InChI is InChI=1S/C20H25N3O5/c1-3-28-20(25)19-16-13-22(18(24)14-27-12-11-26-2)10-9-17(16)23(21-19)15-7-5-4-6-8-15/h4-8H,3,9-14H2,1-2H3. The molecule has 0 atom stereocenters. The van der Waals surface area contributed by atoms with Gasteiger partial charge in [0.05, 0.1) is 31.2 Å². The van der Waals surface area contributed by atoms with Crippen molar-refractivity contribution in [2.75, 3.05) is 40.1 Å². The summed E-state index contributed by atoms with van der Waals surface area (Å²) in [6.07, 6.45) is 0.598. The Morgan fingerprint density at radius 2 is 1.96 bits per heavy atom. The lowest BCUT2D eigenvalue weighted by Gasteiger charge is -2.27. The van der Waals surface area contributed by atoms with E-state index in [1.54, 1.807) is 23.6 Å². The van der Waals surface area contributed by atoms with E-state index in [1.165, 1.54) is 0 Å². The maximum Gasteiger partial charge on any atom is 0.359 e. The Balaban J connectivity index is 1.84. The molecule has 0 N–H and O–H groups in total. The van der Waals surface area contributed by atoms with Crippen molar-refractivity contribution in [1.82, 2.24) is 14.7 Å². The van der Waals surface area contributed by atoms with Crippen molar-refractivity contribution in [3.05, 3.63) is 47.3 Å². The maximum absolute atomic E-state index is 12.5. The van der Waals surface area contributed by atoms with Crippen LogP contribution >= 0.6 is 0 Å². The van der Waals surface area contributed by atoms with Gasteiger partial charge in [0.2, 0.25) is 5.91 Å². The molecule has 1 aromatic carbocycles. The minimum Gasteiger partial charge on any atom is -0.461 e. The fraction of sp³-hybridized carbons (Fsp3) is 0.450. The van der Waals surface area contributed by atoms with Gasteiger partial charge in [-0.1, -0.05) is 18.2 Å². The number of esters is 1. The van der Waals surface area contributed by atoms with Crippen LogP contribution in [0.2, 0.25) is 0 Å². The van der Waals surface area contributed by atoms with Gasteiger partial charge in [-0.05, 0) is 19.1 Å². The molecule has 0 fully saturated rings. The quantitative estimate of drug-likeness (QED) is 0.505. The SMILES string of the molecule is CCOC(=O)c1nn(-c2ccccc2)c2c1CN(C(=O)COCCOC)CC2. The first-order chi connectivity index (χ1) is 13.7. The highest BCUT2D eigenvalue weighted by molar-refractivity contribution is 5.90. The minimum absolute atomic E-state index is 0.0136. The van der Waals surface area contributed by atoms with E-state index in [9.17, 15) is 9.59 Å². The maximum atomic E-state index is 12.5. The Kier molecular flexibility index (Phi) is 6.78. The molecule has 8 heteroatoms.